The van der Waals surface area contributed by atoms with Gasteiger partial charge in [0.15, 0.2) is 11.3 Å². The molecule has 0 bridgehead atoms. The highest BCUT2D eigenvalue weighted by molar-refractivity contribution is 6.03. The van der Waals surface area contributed by atoms with Crippen molar-refractivity contribution in [2.24, 2.45) is 5.73 Å². The number of fused-ring (bicyclic) bond motifs is 1. The number of benzene rings is 1. The zero-order valence-electron chi connectivity index (χ0n) is 21.7. The lowest BCUT2D eigenvalue weighted by Crippen LogP contribution is -2.36. The second kappa shape index (κ2) is 11.3. The van der Waals surface area contributed by atoms with E-state index in [1.165, 1.54) is 0 Å². The van der Waals surface area contributed by atoms with Gasteiger partial charge in [0, 0.05) is 36.9 Å². The van der Waals surface area contributed by atoms with Crippen LogP contribution in [-0.2, 0) is 4.74 Å². The highest BCUT2D eigenvalue weighted by Gasteiger charge is 2.22. The third-order valence-electron chi connectivity index (χ3n) is 7.22. The Balaban J connectivity index is 1.26. The van der Waals surface area contributed by atoms with Gasteiger partial charge in [0.2, 0.25) is 0 Å². The first-order valence-electron chi connectivity index (χ1n) is 13.5. The van der Waals surface area contributed by atoms with Crippen LogP contribution in [0.4, 0.5) is 28.7 Å². The number of ether oxygens (including phenoxy) is 1. The maximum Gasteiger partial charge on any atom is 0.276 e. The normalized spacial score (nSPS) is 19.6. The van der Waals surface area contributed by atoms with Gasteiger partial charge in [-0.1, -0.05) is 18.2 Å². The Morgan fingerprint density at radius 3 is 2.49 bits per heavy atom. The molecule has 2 aliphatic rings. The van der Waals surface area contributed by atoms with Crippen molar-refractivity contribution in [3.63, 3.8) is 0 Å². The third kappa shape index (κ3) is 5.79. The van der Waals surface area contributed by atoms with E-state index in [0.29, 0.717) is 36.1 Å². The Kier molecular flexibility index (Phi) is 7.24. The molecule has 6 rings (SSSR count). The van der Waals surface area contributed by atoms with Crippen LogP contribution in [0.25, 0.3) is 5.65 Å². The second-order valence-electron chi connectivity index (χ2n) is 10.0. The average Bonchev–Trinajstić information content (AvgIpc) is 3.40. The number of carbonyl (C=O) groups excluding carboxylic acids is 1. The monoisotopic (exact) mass is 527 g/mol. The highest BCUT2D eigenvalue weighted by atomic mass is 16.5. The minimum atomic E-state index is -0.317. The molecule has 1 saturated carbocycles. The number of hydrogen-bond donors (Lipinski definition) is 4. The van der Waals surface area contributed by atoms with Gasteiger partial charge in [-0.2, -0.15) is 0 Å². The predicted molar refractivity (Wildman–Crippen MR) is 152 cm³/mol. The summed E-state index contributed by atoms with van der Waals surface area (Å²) in [6, 6.07) is 16.1. The molecule has 0 atom stereocenters. The number of carbonyl (C=O) groups is 1. The number of anilines is 5. The van der Waals surface area contributed by atoms with Crippen molar-refractivity contribution in [2.75, 3.05) is 47.2 Å². The topological polar surface area (TPSA) is 135 Å². The van der Waals surface area contributed by atoms with E-state index in [9.17, 15) is 4.79 Å². The Hall–Kier alpha value is -4.22. The van der Waals surface area contributed by atoms with Crippen LogP contribution in [0.5, 0.6) is 0 Å². The molecule has 1 saturated heterocycles. The fraction of sp³-hybridized carbons (Fsp3) is 0.357. The van der Waals surface area contributed by atoms with E-state index in [0.717, 1.165) is 56.0 Å². The van der Waals surface area contributed by atoms with Gasteiger partial charge >= 0.3 is 0 Å². The van der Waals surface area contributed by atoms with Gasteiger partial charge in [-0.05, 0) is 49.9 Å². The number of para-hydroxylation sites is 1. The van der Waals surface area contributed by atoms with Crippen molar-refractivity contribution >= 4 is 40.3 Å². The number of rotatable bonds is 7. The average molecular weight is 528 g/mol. The van der Waals surface area contributed by atoms with Crippen LogP contribution in [0.1, 0.15) is 36.2 Å². The van der Waals surface area contributed by atoms with Crippen LogP contribution in [0.3, 0.4) is 0 Å². The van der Waals surface area contributed by atoms with Gasteiger partial charge in [0.25, 0.3) is 5.91 Å². The van der Waals surface area contributed by atoms with Crippen LogP contribution in [-0.4, -0.2) is 63.9 Å². The summed E-state index contributed by atoms with van der Waals surface area (Å²) in [6.45, 7) is 2.98. The molecule has 1 aliphatic heterocycles. The summed E-state index contributed by atoms with van der Waals surface area (Å²) in [5, 5.41) is 14.7. The number of nitrogens with one attached hydrogen (secondary N) is 3. The first-order chi connectivity index (χ1) is 19.1. The first kappa shape index (κ1) is 25.1. The zero-order valence-corrected chi connectivity index (χ0v) is 21.7. The number of pyridine rings is 1. The molecule has 11 nitrogen and oxygen atoms in total. The van der Waals surface area contributed by atoms with Gasteiger partial charge in [0.05, 0.1) is 37.0 Å². The number of amides is 1. The summed E-state index contributed by atoms with van der Waals surface area (Å²) in [5.41, 5.74) is 9.25. The summed E-state index contributed by atoms with van der Waals surface area (Å²) in [4.78, 5) is 24.6. The summed E-state index contributed by atoms with van der Waals surface area (Å²) >= 11 is 0. The number of morpholine rings is 1. The van der Waals surface area contributed by atoms with E-state index in [-0.39, 0.29) is 18.0 Å². The third-order valence-corrected chi connectivity index (χ3v) is 7.22. The number of imidazole rings is 1. The van der Waals surface area contributed by atoms with Crippen LogP contribution in [0.2, 0.25) is 0 Å². The van der Waals surface area contributed by atoms with Crippen LogP contribution >= 0.6 is 0 Å². The summed E-state index contributed by atoms with van der Waals surface area (Å²) in [6.07, 6.45) is 7.13. The van der Waals surface area contributed by atoms with E-state index in [2.05, 4.69) is 30.8 Å². The molecule has 1 aliphatic carbocycles. The second-order valence-corrected chi connectivity index (χ2v) is 10.0. The minimum Gasteiger partial charge on any atom is -0.378 e. The molecule has 39 heavy (non-hydrogen) atoms. The Bertz CT molecular complexity index is 1410. The maximum absolute atomic E-state index is 13.4. The SMILES string of the molecule is N[C@H]1CC[C@H](Nc2cc(Nc3ccccc3)c3ncc(C(=O)Nc4ccc(N5CCOCC5)nc4)n3n2)CC1. The summed E-state index contributed by atoms with van der Waals surface area (Å²) in [7, 11) is 0. The van der Waals surface area contributed by atoms with Gasteiger partial charge < -0.3 is 31.3 Å². The molecule has 11 heteroatoms. The molecule has 0 unspecified atom stereocenters. The molecular formula is C28H33N9O2. The highest BCUT2D eigenvalue weighted by Crippen LogP contribution is 2.27. The van der Waals surface area contributed by atoms with Gasteiger partial charge in [-0.25, -0.2) is 14.5 Å². The number of aromatic nitrogens is 4. The molecule has 4 heterocycles. The Labute approximate surface area is 226 Å². The van der Waals surface area contributed by atoms with Crippen molar-refractivity contribution in [3.8, 4) is 0 Å². The van der Waals surface area contributed by atoms with E-state index in [1.807, 2.05) is 48.5 Å². The number of nitrogens with zero attached hydrogens (tertiary/aromatic N) is 5. The van der Waals surface area contributed by atoms with Crippen LogP contribution in [0.15, 0.2) is 60.9 Å². The van der Waals surface area contributed by atoms with E-state index in [1.54, 1.807) is 16.9 Å². The molecule has 3 aromatic heterocycles. The maximum atomic E-state index is 13.4. The fourth-order valence-electron chi connectivity index (χ4n) is 5.07. The molecule has 5 N–H and O–H groups in total. The van der Waals surface area contributed by atoms with Crippen molar-refractivity contribution in [3.05, 3.63) is 66.6 Å². The van der Waals surface area contributed by atoms with Crippen LogP contribution in [0, 0.1) is 0 Å². The van der Waals surface area contributed by atoms with Gasteiger partial charge in [-0.15, -0.1) is 5.10 Å². The molecule has 1 amide bonds. The van der Waals surface area contributed by atoms with E-state index < -0.39 is 0 Å². The van der Waals surface area contributed by atoms with E-state index in [4.69, 9.17) is 15.6 Å². The first-order valence-corrected chi connectivity index (χ1v) is 13.5. The van der Waals surface area contributed by atoms with E-state index >= 15 is 0 Å². The molecular weight excluding hydrogens is 494 g/mol. The Morgan fingerprint density at radius 2 is 1.74 bits per heavy atom. The minimum absolute atomic E-state index is 0.259. The van der Waals surface area contributed by atoms with Gasteiger partial charge in [-0.3, -0.25) is 4.79 Å². The summed E-state index contributed by atoms with van der Waals surface area (Å²) in [5.74, 6) is 1.22. The standard InChI is InChI=1S/C28H33N9O2/c29-19-6-8-21(9-7-19)33-25-16-23(32-20-4-2-1-3-5-20)27-31-18-24(37(27)35-25)28(38)34-22-10-11-26(30-17-22)36-12-14-39-15-13-36/h1-5,10-11,16-19,21,32H,6-9,12-15,29H2,(H,33,35)(H,34,38)/t19-,21-. The smallest absolute Gasteiger partial charge is 0.276 e. The molecule has 2 fully saturated rings. The lowest BCUT2D eigenvalue weighted by Gasteiger charge is -2.27. The molecule has 1 aromatic carbocycles. The predicted octanol–water partition coefficient (Wildman–Crippen LogP) is 3.64. The largest absolute Gasteiger partial charge is 0.378 e. The van der Waals surface area contributed by atoms with Crippen LogP contribution < -0.4 is 26.6 Å². The van der Waals surface area contributed by atoms with Crippen molar-refractivity contribution in [1.29, 1.82) is 0 Å². The van der Waals surface area contributed by atoms with Crippen molar-refractivity contribution < 1.29 is 9.53 Å². The number of nitrogens with two attached hydrogens (primary N) is 1. The zero-order chi connectivity index (χ0) is 26.6. The quantitative estimate of drug-likeness (QED) is 0.284. The lowest BCUT2D eigenvalue weighted by molar-refractivity contribution is 0.102. The lowest BCUT2D eigenvalue weighted by atomic mass is 9.92. The molecule has 4 aromatic rings. The van der Waals surface area contributed by atoms with Crippen molar-refractivity contribution in [1.82, 2.24) is 19.6 Å². The number of hydrogen-bond acceptors (Lipinski definition) is 9. The molecule has 202 valence electrons. The fourth-order valence-corrected chi connectivity index (χ4v) is 5.07. The van der Waals surface area contributed by atoms with Gasteiger partial charge in [0.1, 0.15) is 11.6 Å². The Morgan fingerprint density at radius 1 is 0.949 bits per heavy atom. The van der Waals surface area contributed by atoms with Crippen molar-refractivity contribution in [2.45, 2.75) is 37.8 Å². The molecule has 0 spiro atoms. The molecule has 0 radical (unpaired) electrons. The summed E-state index contributed by atoms with van der Waals surface area (Å²) < 4.78 is 7.01.